The fraction of sp³-hybridized carbons (Fsp3) is 0.250. The molecule has 146 valence electrons. The van der Waals surface area contributed by atoms with E-state index in [0.29, 0.717) is 23.4 Å². The Kier molecular flexibility index (Phi) is 6.54. The maximum Gasteiger partial charge on any atom is 0.320 e. The van der Waals surface area contributed by atoms with E-state index in [4.69, 9.17) is 23.2 Å². The van der Waals surface area contributed by atoms with E-state index in [2.05, 4.69) is 27.5 Å². The summed E-state index contributed by atoms with van der Waals surface area (Å²) in [4.78, 5) is 20.8. The smallest absolute Gasteiger partial charge is 0.320 e. The lowest BCUT2D eigenvalue weighted by atomic mass is 10.0. The summed E-state index contributed by atoms with van der Waals surface area (Å²) in [7, 11) is 0. The zero-order valence-electron chi connectivity index (χ0n) is 15.3. The summed E-state index contributed by atoms with van der Waals surface area (Å²) in [5, 5.41) is 15.6. The van der Waals surface area contributed by atoms with Gasteiger partial charge in [-0.15, -0.1) is 0 Å². The van der Waals surface area contributed by atoms with Crippen LogP contribution in [0.25, 0.3) is 22.2 Å². The van der Waals surface area contributed by atoms with Crippen LogP contribution in [0.5, 0.6) is 5.75 Å². The Hall–Kier alpha value is -2.57. The van der Waals surface area contributed by atoms with Gasteiger partial charge in [0.25, 0.3) is 0 Å². The fourth-order valence-corrected chi connectivity index (χ4v) is 3.21. The molecule has 3 N–H and O–H groups in total. The molecule has 0 atom stereocenters. The topological polar surface area (TPSA) is 87.1 Å². The number of phenolic OH excluding ortho intramolecular Hbond substituents is 1. The van der Waals surface area contributed by atoms with Crippen molar-refractivity contribution in [2.24, 2.45) is 0 Å². The lowest BCUT2D eigenvalue weighted by Gasteiger charge is -2.09. The highest BCUT2D eigenvalue weighted by Gasteiger charge is 2.10. The van der Waals surface area contributed by atoms with Crippen molar-refractivity contribution in [1.29, 1.82) is 0 Å². The molecule has 0 aliphatic heterocycles. The summed E-state index contributed by atoms with van der Waals surface area (Å²) < 4.78 is 0. The number of amides is 2. The van der Waals surface area contributed by atoms with Crippen LogP contribution in [0.15, 0.2) is 36.5 Å². The normalized spacial score (nSPS) is 10.8. The standard InChI is InChI=1S/C20H20Cl2N4O2/c1-2-3-4-7-23-20(28)26-18-11-24-16-6-5-12(10-17(16)25-18)13-8-14(21)19(27)15(22)9-13/h5-6,8-11,27H,2-4,7H2,1H3,(H2,23,25,26,28). The molecule has 8 heteroatoms. The van der Waals surface area contributed by atoms with Crippen LogP contribution in [0.1, 0.15) is 26.2 Å². The molecule has 0 aliphatic carbocycles. The molecule has 0 unspecified atom stereocenters. The average molecular weight is 419 g/mol. The van der Waals surface area contributed by atoms with Gasteiger partial charge >= 0.3 is 6.03 Å². The summed E-state index contributed by atoms with van der Waals surface area (Å²) in [5.41, 5.74) is 2.85. The summed E-state index contributed by atoms with van der Waals surface area (Å²) in [6, 6.07) is 8.46. The second-order valence-electron chi connectivity index (χ2n) is 6.34. The largest absolute Gasteiger partial charge is 0.505 e. The molecule has 2 aromatic carbocycles. The molecule has 0 radical (unpaired) electrons. The number of carbonyl (C=O) groups is 1. The first-order valence-corrected chi connectivity index (χ1v) is 9.73. The van der Waals surface area contributed by atoms with Gasteiger partial charge < -0.3 is 10.4 Å². The van der Waals surface area contributed by atoms with E-state index in [9.17, 15) is 9.90 Å². The van der Waals surface area contributed by atoms with Crippen LogP contribution in [-0.2, 0) is 0 Å². The van der Waals surface area contributed by atoms with E-state index in [1.54, 1.807) is 12.1 Å². The minimum atomic E-state index is -0.307. The quantitative estimate of drug-likeness (QED) is 0.453. The molecule has 3 rings (SSSR count). The minimum absolute atomic E-state index is 0.149. The van der Waals surface area contributed by atoms with Crippen LogP contribution in [-0.4, -0.2) is 27.7 Å². The van der Waals surface area contributed by atoms with Crippen LogP contribution in [0.3, 0.4) is 0 Å². The molecule has 0 fully saturated rings. The third-order valence-electron chi connectivity index (χ3n) is 4.20. The molecular weight excluding hydrogens is 399 g/mol. The molecule has 28 heavy (non-hydrogen) atoms. The number of carbonyl (C=O) groups excluding carboxylic acids is 1. The van der Waals surface area contributed by atoms with Gasteiger partial charge in [-0.2, -0.15) is 0 Å². The van der Waals surface area contributed by atoms with Crippen LogP contribution in [0.4, 0.5) is 10.6 Å². The highest BCUT2D eigenvalue weighted by atomic mass is 35.5. The number of phenols is 1. The lowest BCUT2D eigenvalue weighted by molar-refractivity contribution is 0.252. The van der Waals surface area contributed by atoms with Crippen LogP contribution >= 0.6 is 23.2 Å². The summed E-state index contributed by atoms with van der Waals surface area (Å²) >= 11 is 12.0. The van der Waals surface area contributed by atoms with Gasteiger partial charge in [0.05, 0.1) is 27.3 Å². The second kappa shape index (κ2) is 9.08. The second-order valence-corrected chi connectivity index (χ2v) is 7.15. The number of nitrogens with zero attached hydrogens (tertiary/aromatic N) is 2. The van der Waals surface area contributed by atoms with Crippen molar-refractivity contribution >= 4 is 46.1 Å². The molecule has 1 aromatic heterocycles. The number of aromatic nitrogens is 2. The zero-order chi connectivity index (χ0) is 20.1. The third kappa shape index (κ3) is 4.82. The summed E-state index contributed by atoms with van der Waals surface area (Å²) in [5.74, 6) is 0.212. The van der Waals surface area contributed by atoms with Crippen molar-refractivity contribution in [2.75, 3.05) is 11.9 Å². The molecule has 2 amide bonds. The van der Waals surface area contributed by atoms with E-state index in [1.165, 1.54) is 6.20 Å². The summed E-state index contributed by atoms with van der Waals surface area (Å²) in [6.07, 6.45) is 4.62. The molecule has 3 aromatic rings. The molecule has 0 spiro atoms. The summed E-state index contributed by atoms with van der Waals surface area (Å²) in [6.45, 7) is 2.73. The van der Waals surface area contributed by atoms with Crippen molar-refractivity contribution in [3.05, 3.63) is 46.6 Å². The Balaban J connectivity index is 1.81. The van der Waals surface area contributed by atoms with Gasteiger partial charge in [0.2, 0.25) is 0 Å². The molecule has 0 saturated carbocycles. The first-order valence-electron chi connectivity index (χ1n) is 8.98. The maximum atomic E-state index is 12.0. The monoisotopic (exact) mass is 418 g/mol. The number of hydrogen-bond acceptors (Lipinski definition) is 4. The van der Waals surface area contributed by atoms with E-state index in [-0.39, 0.29) is 21.8 Å². The van der Waals surface area contributed by atoms with E-state index in [0.717, 1.165) is 30.4 Å². The number of hydrogen-bond donors (Lipinski definition) is 3. The van der Waals surface area contributed by atoms with Gasteiger partial charge in [-0.05, 0) is 41.8 Å². The van der Waals surface area contributed by atoms with Crippen molar-refractivity contribution in [1.82, 2.24) is 15.3 Å². The molecule has 0 aliphatic rings. The van der Waals surface area contributed by atoms with Crippen molar-refractivity contribution < 1.29 is 9.90 Å². The number of rotatable bonds is 6. The first kappa shape index (κ1) is 20.2. The van der Waals surface area contributed by atoms with Crippen LogP contribution < -0.4 is 10.6 Å². The predicted molar refractivity (Wildman–Crippen MR) is 113 cm³/mol. The maximum absolute atomic E-state index is 12.0. The number of fused-ring (bicyclic) bond motifs is 1. The van der Waals surface area contributed by atoms with Gasteiger partial charge in [-0.25, -0.2) is 9.78 Å². The number of urea groups is 1. The highest BCUT2D eigenvalue weighted by Crippen LogP contribution is 2.36. The number of anilines is 1. The highest BCUT2D eigenvalue weighted by molar-refractivity contribution is 6.37. The number of halogens is 2. The first-order chi connectivity index (χ1) is 13.5. The zero-order valence-corrected chi connectivity index (χ0v) is 16.8. The van der Waals surface area contributed by atoms with Crippen LogP contribution in [0.2, 0.25) is 10.0 Å². The Morgan fingerprint density at radius 1 is 1.07 bits per heavy atom. The van der Waals surface area contributed by atoms with Gasteiger partial charge in [-0.3, -0.25) is 10.3 Å². The Bertz CT molecular complexity index is 988. The molecule has 1 heterocycles. The molecule has 0 bridgehead atoms. The van der Waals surface area contributed by atoms with Crippen molar-refractivity contribution in [3.8, 4) is 16.9 Å². The van der Waals surface area contributed by atoms with E-state index >= 15 is 0 Å². The van der Waals surface area contributed by atoms with Gasteiger partial charge in [-0.1, -0.05) is 49.0 Å². The molecule has 6 nitrogen and oxygen atoms in total. The van der Waals surface area contributed by atoms with E-state index < -0.39 is 0 Å². The van der Waals surface area contributed by atoms with E-state index in [1.807, 2.05) is 18.2 Å². The number of unbranched alkanes of at least 4 members (excludes halogenated alkanes) is 2. The number of benzene rings is 2. The fourth-order valence-electron chi connectivity index (χ4n) is 2.72. The van der Waals surface area contributed by atoms with Crippen molar-refractivity contribution in [3.63, 3.8) is 0 Å². The average Bonchev–Trinajstić information content (AvgIpc) is 2.68. The van der Waals surface area contributed by atoms with Gasteiger partial charge in [0.15, 0.2) is 11.6 Å². The van der Waals surface area contributed by atoms with Gasteiger partial charge in [0, 0.05) is 6.54 Å². The predicted octanol–water partition coefficient (Wildman–Crippen LogP) is 5.62. The third-order valence-corrected chi connectivity index (χ3v) is 4.78. The van der Waals surface area contributed by atoms with Gasteiger partial charge in [0.1, 0.15) is 0 Å². The number of aromatic hydroxyl groups is 1. The Morgan fingerprint density at radius 2 is 1.82 bits per heavy atom. The van der Waals surface area contributed by atoms with Crippen LogP contribution in [0, 0.1) is 0 Å². The van der Waals surface area contributed by atoms with Crippen molar-refractivity contribution in [2.45, 2.75) is 26.2 Å². The lowest BCUT2D eigenvalue weighted by Crippen LogP contribution is -2.29. The molecule has 0 saturated heterocycles. The molecular formula is C20H20Cl2N4O2. The minimum Gasteiger partial charge on any atom is -0.505 e. The Morgan fingerprint density at radius 3 is 2.54 bits per heavy atom. The SMILES string of the molecule is CCCCCNC(=O)Nc1cnc2ccc(-c3cc(Cl)c(O)c(Cl)c3)cc2n1. The number of nitrogens with one attached hydrogen (secondary N) is 2. The Labute approximate surface area is 172 Å².